The van der Waals surface area contributed by atoms with Gasteiger partial charge in [-0.05, 0) is 25.1 Å². The minimum atomic E-state index is -0.962. The number of aromatic carboxylic acids is 1. The molecule has 0 fully saturated rings. The normalized spacial score (nSPS) is 10.6. The smallest absolute Gasteiger partial charge is 0.340 e. The van der Waals surface area contributed by atoms with Gasteiger partial charge in [0, 0.05) is 23.6 Å². The predicted octanol–water partition coefficient (Wildman–Crippen LogP) is 2.37. The summed E-state index contributed by atoms with van der Waals surface area (Å²) in [6.07, 6.45) is 1.89. The SMILES string of the molecule is CCn1ccc2c(C(=O)O)c(OC)ccc21. The van der Waals surface area contributed by atoms with Crippen LogP contribution in [0.15, 0.2) is 24.4 Å². The number of hydrogen-bond donors (Lipinski definition) is 1. The average Bonchev–Trinajstić information content (AvgIpc) is 2.69. The first-order valence-electron chi connectivity index (χ1n) is 5.08. The Hall–Kier alpha value is -1.97. The van der Waals surface area contributed by atoms with E-state index in [0.717, 1.165) is 12.1 Å². The topological polar surface area (TPSA) is 51.5 Å². The van der Waals surface area contributed by atoms with E-state index in [-0.39, 0.29) is 5.56 Å². The van der Waals surface area contributed by atoms with Crippen molar-refractivity contribution >= 4 is 16.9 Å². The van der Waals surface area contributed by atoms with Gasteiger partial charge in [-0.3, -0.25) is 0 Å². The molecule has 0 saturated carbocycles. The number of hydrogen-bond acceptors (Lipinski definition) is 2. The van der Waals surface area contributed by atoms with Gasteiger partial charge in [-0.2, -0.15) is 0 Å². The molecule has 1 N–H and O–H groups in total. The van der Waals surface area contributed by atoms with Crippen LogP contribution < -0.4 is 4.74 Å². The summed E-state index contributed by atoms with van der Waals surface area (Å²) in [7, 11) is 1.48. The van der Waals surface area contributed by atoms with Crippen molar-refractivity contribution in [1.82, 2.24) is 4.57 Å². The summed E-state index contributed by atoms with van der Waals surface area (Å²) in [6.45, 7) is 2.83. The minimum Gasteiger partial charge on any atom is -0.496 e. The summed E-state index contributed by atoms with van der Waals surface area (Å²) in [6, 6.07) is 5.38. The van der Waals surface area contributed by atoms with E-state index in [0.29, 0.717) is 11.1 Å². The third-order valence-electron chi connectivity index (χ3n) is 2.69. The molecule has 0 unspecified atom stereocenters. The molecule has 1 aromatic heterocycles. The van der Waals surface area contributed by atoms with Crippen LogP contribution in [0.1, 0.15) is 17.3 Å². The maximum Gasteiger partial charge on any atom is 0.340 e. The zero-order valence-corrected chi connectivity index (χ0v) is 9.23. The van der Waals surface area contributed by atoms with Gasteiger partial charge in [0.05, 0.1) is 7.11 Å². The van der Waals surface area contributed by atoms with Gasteiger partial charge in [-0.25, -0.2) is 4.79 Å². The van der Waals surface area contributed by atoms with Crippen molar-refractivity contribution in [1.29, 1.82) is 0 Å². The number of carboxylic acids is 1. The first kappa shape index (κ1) is 10.5. The van der Waals surface area contributed by atoms with Crippen molar-refractivity contribution in [3.8, 4) is 5.75 Å². The van der Waals surface area contributed by atoms with Crippen LogP contribution >= 0.6 is 0 Å². The number of nitrogens with zero attached hydrogens (tertiary/aromatic N) is 1. The van der Waals surface area contributed by atoms with Crippen molar-refractivity contribution in [2.45, 2.75) is 13.5 Å². The summed E-state index contributed by atoms with van der Waals surface area (Å²) < 4.78 is 7.07. The van der Waals surface area contributed by atoms with E-state index in [1.165, 1.54) is 7.11 Å². The largest absolute Gasteiger partial charge is 0.496 e. The van der Waals surface area contributed by atoms with Gasteiger partial charge in [0.15, 0.2) is 0 Å². The molecule has 0 spiro atoms. The molecular weight excluding hydrogens is 206 g/mol. The fourth-order valence-electron chi connectivity index (χ4n) is 1.92. The molecule has 2 aromatic rings. The lowest BCUT2D eigenvalue weighted by molar-refractivity contribution is 0.0695. The molecule has 16 heavy (non-hydrogen) atoms. The molecule has 0 aliphatic rings. The first-order valence-corrected chi connectivity index (χ1v) is 5.08. The molecular formula is C12H13NO3. The fraction of sp³-hybridized carbons (Fsp3) is 0.250. The van der Waals surface area contributed by atoms with Crippen molar-refractivity contribution in [3.63, 3.8) is 0 Å². The second kappa shape index (κ2) is 3.89. The van der Waals surface area contributed by atoms with E-state index in [4.69, 9.17) is 4.74 Å². The number of aryl methyl sites for hydroxylation is 1. The van der Waals surface area contributed by atoms with Gasteiger partial charge in [0.1, 0.15) is 11.3 Å². The molecule has 4 nitrogen and oxygen atoms in total. The summed E-state index contributed by atoms with van der Waals surface area (Å²) in [5, 5.41) is 9.90. The van der Waals surface area contributed by atoms with Crippen molar-refractivity contribution in [3.05, 3.63) is 30.0 Å². The lowest BCUT2D eigenvalue weighted by Crippen LogP contribution is -2.01. The number of fused-ring (bicyclic) bond motifs is 1. The van der Waals surface area contributed by atoms with Crippen molar-refractivity contribution in [2.75, 3.05) is 7.11 Å². The van der Waals surface area contributed by atoms with Crippen molar-refractivity contribution < 1.29 is 14.6 Å². The van der Waals surface area contributed by atoms with Crippen LogP contribution in [0.25, 0.3) is 10.9 Å². The van der Waals surface area contributed by atoms with E-state index in [2.05, 4.69) is 0 Å². The second-order valence-corrected chi connectivity index (χ2v) is 3.48. The molecule has 1 aromatic carbocycles. The number of benzene rings is 1. The third-order valence-corrected chi connectivity index (χ3v) is 2.69. The lowest BCUT2D eigenvalue weighted by Gasteiger charge is -2.07. The number of rotatable bonds is 3. The summed E-state index contributed by atoms with van der Waals surface area (Å²) in [4.78, 5) is 11.2. The number of carboxylic acid groups (broad SMARTS) is 1. The molecule has 0 aliphatic heterocycles. The fourth-order valence-corrected chi connectivity index (χ4v) is 1.92. The maximum atomic E-state index is 11.2. The van der Waals surface area contributed by atoms with Crippen LogP contribution in [0.2, 0.25) is 0 Å². The van der Waals surface area contributed by atoms with Gasteiger partial charge in [-0.15, -0.1) is 0 Å². The molecule has 0 aliphatic carbocycles. The molecule has 2 rings (SSSR count). The van der Waals surface area contributed by atoms with Crippen LogP contribution in [0.4, 0.5) is 0 Å². The Morgan fingerprint density at radius 3 is 2.75 bits per heavy atom. The Bertz CT molecular complexity index is 542. The first-order chi connectivity index (χ1) is 7.69. The molecule has 0 saturated heterocycles. The zero-order valence-electron chi connectivity index (χ0n) is 9.23. The van der Waals surface area contributed by atoms with E-state index in [1.807, 2.05) is 29.8 Å². The van der Waals surface area contributed by atoms with Gasteiger partial charge in [0.25, 0.3) is 0 Å². The van der Waals surface area contributed by atoms with Crippen LogP contribution in [0.5, 0.6) is 5.75 Å². The van der Waals surface area contributed by atoms with E-state index < -0.39 is 5.97 Å². The summed E-state index contributed by atoms with van der Waals surface area (Å²) >= 11 is 0. The Balaban J connectivity index is 2.80. The molecule has 0 atom stereocenters. The minimum absolute atomic E-state index is 0.229. The number of aromatic nitrogens is 1. The van der Waals surface area contributed by atoms with Crippen LogP contribution in [-0.4, -0.2) is 22.8 Å². The molecule has 0 bridgehead atoms. The predicted molar refractivity (Wildman–Crippen MR) is 61.1 cm³/mol. The Kier molecular flexibility index (Phi) is 2.56. The van der Waals surface area contributed by atoms with Gasteiger partial charge < -0.3 is 14.4 Å². The highest BCUT2D eigenvalue weighted by molar-refractivity contribution is 6.05. The number of ether oxygens (including phenoxy) is 1. The van der Waals surface area contributed by atoms with E-state index >= 15 is 0 Å². The number of carbonyl (C=O) groups is 1. The molecule has 84 valence electrons. The highest BCUT2D eigenvalue weighted by Gasteiger charge is 2.16. The van der Waals surface area contributed by atoms with Gasteiger partial charge >= 0.3 is 5.97 Å². The quantitative estimate of drug-likeness (QED) is 0.862. The van der Waals surface area contributed by atoms with E-state index in [9.17, 15) is 9.90 Å². The lowest BCUT2D eigenvalue weighted by atomic mass is 10.1. The van der Waals surface area contributed by atoms with Crippen LogP contribution in [0.3, 0.4) is 0 Å². The third kappa shape index (κ3) is 1.43. The van der Waals surface area contributed by atoms with E-state index in [1.54, 1.807) is 6.07 Å². The molecule has 0 amide bonds. The van der Waals surface area contributed by atoms with Crippen molar-refractivity contribution in [2.24, 2.45) is 0 Å². The maximum absolute atomic E-state index is 11.2. The monoisotopic (exact) mass is 219 g/mol. The van der Waals surface area contributed by atoms with Gasteiger partial charge in [-0.1, -0.05) is 0 Å². The standard InChI is InChI=1S/C12H13NO3/c1-3-13-7-6-8-9(13)4-5-10(16-2)11(8)12(14)15/h4-7H,3H2,1-2H3,(H,14,15). The van der Waals surface area contributed by atoms with Gasteiger partial charge in [0.2, 0.25) is 0 Å². The number of methoxy groups -OCH3 is 1. The summed E-state index contributed by atoms with van der Waals surface area (Å²) in [5.41, 5.74) is 1.15. The average molecular weight is 219 g/mol. The molecule has 0 radical (unpaired) electrons. The van der Waals surface area contributed by atoms with Crippen LogP contribution in [0, 0.1) is 0 Å². The zero-order chi connectivity index (χ0) is 11.7. The van der Waals surface area contributed by atoms with Crippen LogP contribution in [-0.2, 0) is 6.54 Å². The molecule has 1 heterocycles. The Morgan fingerprint density at radius 2 is 2.19 bits per heavy atom. The Labute approximate surface area is 93.1 Å². The molecule has 4 heteroatoms. The highest BCUT2D eigenvalue weighted by Crippen LogP contribution is 2.28. The summed E-state index contributed by atoms with van der Waals surface area (Å²) in [5.74, 6) is -0.565. The highest BCUT2D eigenvalue weighted by atomic mass is 16.5. The Morgan fingerprint density at radius 1 is 1.44 bits per heavy atom. The second-order valence-electron chi connectivity index (χ2n) is 3.48.